The average molecular weight is 247 g/mol. The van der Waals surface area contributed by atoms with Crippen molar-refractivity contribution in [1.29, 1.82) is 0 Å². The van der Waals surface area contributed by atoms with Gasteiger partial charge in [-0.1, -0.05) is 18.2 Å². The van der Waals surface area contributed by atoms with Gasteiger partial charge in [-0.05, 0) is 12.1 Å². The Labute approximate surface area is 103 Å². The Morgan fingerprint density at radius 1 is 1.50 bits per heavy atom. The van der Waals surface area contributed by atoms with Crippen molar-refractivity contribution in [2.75, 3.05) is 0 Å². The molecule has 1 heterocycles. The number of aliphatic carboxylic acids is 1. The lowest BCUT2D eigenvalue weighted by atomic mass is 10.1. The minimum atomic E-state index is -0.862. The molecule has 0 aliphatic heterocycles. The summed E-state index contributed by atoms with van der Waals surface area (Å²) in [6, 6.07) is 6.56. The van der Waals surface area contributed by atoms with Gasteiger partial charge in [-0.2, -0.15) is 0 Å². The fraction of sp³-hybridized carbons (Fsp3) is 0.250. The van der Waals surface area contributed by atoms with Crippen LogP contribution in [0.4, 0.5) is 0 Å². The van der Waals surface area contributed by atoms with Crippen LogP contribution < -0.4 is 0 Å². The van der Waals surface area contributed by atoms with Crippen LogP contribution in [-0.2, 0) is 11.2 Å². The number of hydrogen-bond acceptors (Lipinski definition) is 4. The summed E-state index contributed by atoms with van der Waals surface area (Å²) in [7, 11) is 0. The number of aromatic nitrogens is 3. The Morgan fingerprint density at radius 2 is 2.28 bits per heavy atom. The van der Waals surface area contributed by atoms with Crippen molar-refractivity contribution in [3.63, 3.8) is 0 Å². The maximum absolute atomic E-state index is 10.8. The van der Waals surface area contributed by atoms with Crippen LogP contribution in [0, 0.1) is 5.92 Å². The molecule has 1 atom stereocenters. The van der Waals surface area contributed by atoms with Gasteiger partial charge in [-0.15, -0.1) is 5.10 Å². The van der Waals surface area contributed by atoms with Gasteiger partial charge in [0, 0.05) is 12.5 Å². The van der Waals surface area contributed by atoms with Crippen LogP contribution in [-0.4, -0.2) is 31.2 Å². The second-order valence-corrected chi connectivity index (χ2v) is 4.10. The lowest BCUT2D eigenvalue weighted by Gasteiger charge is -2.08. The number of nitrogens with zero attached hydrogens (tertiary/aromatic N) is 3. The first-order chi connectivity index (χ1) is 8.58. The Balaban J connectivity index is 2.30. The van der Waals surface area contributed by atoms with Gasteiger partial charge in [0.2, 0.25) is 0 Å². The number of aromatic hydroxyl groups is 1. The first-order valence-corrected chi connectivity index (χ1v) is 5.49. The van der Waals surface area contributed by atoms with E-state index in [-0.39, 0.29) is 5.75 Å². The van der Waals surface area contributed by atoms with Crippen LogP contribution in [0.25, 0.3) is 5.69 Å². The molecule has 2 aromatic rings. The van der Waals surface area contributed by atoms with Gasteiger partial charge in [0.1, 0.15) is 5.75 Å². The zero-order valence-corrected chi connectivity index (χ0v) is 9.82. The van der Waals surface area contributed by atoms with E-state index in [4.69, 9.17) is 5.11 Å². The molecule has 0 fully saturated rings. The Kier molecular flexibility index (Phi) is 3.27. The molecule has 0 aliphatic rings. The van der Waals surface area contributed by atoms with Crippen molar-refractivity contribution >= 4 is 5.97 Å². The fourth-order valence-electron chi connectivity index (χ4n) is 1.64. The van der Waals surface area contributed by atoms with Crippen molar-refractivity contribution in [1.82, 2.24) is 15.0 Å². The summed E-state index contributed by atoms with van der Waals surface area (Å²) in [4.78, 5) is 10.8. The first-order valence-electron chi connectivity index (χ1n) is 5.49. The largest absolute Gasteiger partial charge is 0.508 e. The molecule has 0 saturated carbocycles. The summed E-state index contributed by atoms with van der Waals surface area (Å²) in [5, 5.41) is 26.0. The highest BCUT2D eigenvalue weighted by molar-refractivity contribution is 5.69. The second-order valence-electron chi connectivity index (χ2n) is 4.10. The van der Waals surface area contributed by atoms with E-state index in [1.807, 2.05) is 0 Å². The minimum absolute atomic E-state index is 0.125. The smallest absolute Gasteiger partial charge is 0.306 e. The van der Waals surface area contributed by atoms with Crippen molar-refractivity contribution < 1.29 is 15.0 Å². The highest BCUT2D eigenvalue weighted by Crippen LogP contribution is 2.17. The molecule has 6 heteroatoms. The van der Waals surface area contributed by atoms with E-state index in [1.54, 1.807) is 31.2 Å². The van der Waals surface area contributed by atoms with Crippen molar-refractivity contribution in [2.24, 2.45) is 5.92 Å². The summed E-state index contributed by atoms with van der Waals surface area (Å²) >= 11 is 0. The number of carbonyl (C=O) groups is 1. The summed E-state index contributed by atoms with van der Waals surface area (Å²) in [5.41, 5.74) is 1.34. The molecule has 0 radical (unpaired) electrons. The second kappa shape index (κ2) is 4.87. The zero-order valence-electron chi connectivity index (χ0n) is 9.82. The third-order valence-electron chi connectivity index (χ3n) is 2.63. The summed E-state index contributed by atoms with van der Waals surface area (Å²) in [6.07, 6.45) is 1.86. The monoisotopic (exact) mass is 247 g/mol. The number of benzene rings is 1. The number of hydrogen-bond donors (Lipinski definition) is 2. The molecule has 0 bridgehead atoms. The highest BCUT2D eigenvalue weighted by atomic mass is 16.4. The molecule has 2 N–H and O–H groups in total. The Hall–Kier alpha value is -2.37. The van der Waals surface area contributed by atoms with Crippen LogP contribution in [0.5, 0.6) is 5.75 Å². The lowest BCUT2D eigenvalue weighted by Crippen LogP contribution is -2.14. The molecular formula is C12H13N3O3. The Bertz CT molecular complexity index is 565. The quantitative estimate of drug-likeness (QED) is 0.848. The molecule has 6 nitrogen and oxygen atoms in total. The standard InChI is InChI=1S/C12H13N3O3/c1-8(12(17)18)5-10-7-13-14-15(10)9-3-2-4-11(16)6-9/h2-4,6-8,16H,5H2,1H3,(H,17,18). The van der Waals surface area contributed by atoms with Crippen LogP contribution in [0.15, 0.2) is 30.5 Å². The first kappa shape index (κ1) is 12.1. The van der Waals surface area contributed by atoms with Crippen LogP contribution in [0.3, 0.4) is 0 Å². The molecule has 1 unspecified atom stereocenters. The van der Waals surface area contributed by atoms with E-state index >= 15 is 0 Å². The van der Waals surface area contributed by atoms with Crippen molar-refractivity contribution in [3.05, 3.63) is 36.2 Å². The summed E-state index contributed by atoms with van der Waals surface area (Å²) < 4.78 is 1.53. The van der Waals surface area contributed by atoms with Gasteiger partial charge >= 0.3 is 5.97 Å². The summed E-state index contributed by atoms with van der Waals surface area (Å²) in [5.74, 6) is -1.25. The molecule has 0 saturated heterocycles. The third kappa shape index (κ3) is 2.48. The summed E-state index contributed by atoms with van der Waals surface area (Å²) in [6.45, 7) is 1.63. The molecular weight excluding hydrogens is 234 g/mol. The van der Waals surface area contributed by atoms with Crippen LogP contribution in [0.2, 0.25) is 0 Å². The lowest BCUT2D eigenvalue weighted by molar-refractivity contribution is -0.141. The van der Waals surface area contributed by atoms with Crippen LogP contribution >= 0.6 is 0 Å². The fourth-order valence-corrected chi connectivity index (χ4v) is 1.64. The van der Waals surface area contributed by atoms with Gasteiger partial charge in [-0.3, -0.25) is 4.79 Å². The van der Waals surface area contributed by atoms with E-state index in [0.29, 0.717) is 17.8 Å². The molecule has 2 rings (SSSR count). The molecule has 0 aliphatic carbocycles. The molecule has 0 spiro atoms. The molecule has 1 aromatic carbocycles. The normalized spacial score (nSPS) is 12.3. The molecule has 0 amide bonds. The average Bonchev–Trinajstić information content (AvgIpc) is 2.77. The van der Waals surface area contributed by atoms with Crippen LogP contribution in [0.1, 0.15) is 12.6 Å². The van der Waals surface area contributed by atoms with E-state index < -0.39 is 11.9 Å². The van der Waals surface area contributed by atoms with Gasteiger partial charge in [0.15, 0.2) is 0 Å². The zero-order chi connectivity index (χ0) is 13.1. The number of carboxylic acid groups (broad SMARTS) is 1. The van der Waals surface area contributed by atoms with E-state index in [9.17, 15) is 9.90 Å². The van der Waals surface area contributed by atoms with Gasteiger partial charge in [-0.25, -0.2) is 4.68 Å². The number of phenolic OH excluding ortho intramolecular Hbond substituents is 1. The van der Waals surface area contributed by atoms with Gasteiger partial charge < -0.3 is 10.2 Å². The number of rotatable bonds is 4. The molecule has 1 aromatic heterocycles. The molecule has 18 heavy (non-hydrogen) atoms. The van der Waals surface area contributed by atoms with E-state index in [2.05, 4.69) is 10.3 Å². The highest BCUT2D eigenvalue weighted by Gasteiger charge is 2.16. The minimum Gasteiger partial charge on any atom is -0.508 e. The van der Waals surface area contributed by atoms with E-state index in [0.717, 1.165) is 0 Å². The topological polar surface area (TPSA) is 88.2 Å². The number of phenols is 1. The molecule has 94 valence electrons. The van der Waals surface area contributed by atoms with Gasteiger partial charge in [0.05, 0.1) is 23.5 Å². The van der Waals surface area contributed by atoms with E-state index in [1.165, 1.54) is 10.9 Å². The predicted octanol–water partition coefficient (Wildman–Crippen LogP) is 1.24. The maximum Gasteiger partial charge on any atom is 0.306 e. The third-order valence-corrected chi connectivity index (χ3v) is 2.63. The van der Waals surface area contributed by atoms with Crippen molar-refractivity contribution in [2.45, 2.75) is 13.3 Å². The SMILES string of the molecule is CC(Cc1cnnn1-c1cccc(O)c1)C(=O)O. The Morgan fingerprint density at radius 3 is 2.94 bits per heavy atom. The van der Waals surface area contributed by atoms with Crippen molar-refractivity contribution in [3.8, 4) is 11.4 Å². The number of carboxylic acids is 1. The maximum atomic E-state index is 10.8. The van der Waals surface area contributed by atoms with Gasteiger partial charge in [0.25, 0.3) is 0 Å². The predicted molar refractivity (Wildman–Crippen MR) is 63.5 cm³/mol.